The lowest BCUT2D eigenvalue weighted by molar-refractivity contribution is -0.141. The molecule has 130 valence electrons. The minimum Gasteiger partial charge on any atom is -0.349 e. The molecule has 1 aliphatic heterocycles. The zero-order valence-electron chi connectivity index (χ0n) is 13.8. The quantitative estimate of drug-likeness (QED) is 0.681. The first kappa shape index (κ1) is 17.6. The van der Waals surface area contributed by atoms with Crippen LogP contribution in [-0.4, -0.2) is 46.7 Å². The molecule has 1 fully saturated rings. The van der Waals surface area contributed by atoms with Crippen molar-refractivity contribution in [1.82, 2.24) is 19.8 Å². The summed E-state index contributed by atoms with van der Waals surface area (Å²) < 4.78 is 38.7. The molecule has 1 saturated heterocycles. The second kappa shape index (κ2) is 6.80. The molecule has 0 bridgehead atoms. The number of hydrogen-bond donors (Lipinski definition) is 1. The van der Waals surface area contributed by atoms with Crippen LogP contribution in [0.5, 0.6) is 0 Å². The average Bonchev–Trinajstić information content (AvgIpc) is 3.06. The van der Waals surface area contributed by atoms with Crippen molar-refractivity contribution < 1.29 is 13.2 Å². The van der Waals surface area contributed by atoms with Gasteiger partial charge in [0.1, 0.15) is 12.4 Å². The van der Waals surface area contributed by atoms with Gasteiger partial charge in [0.15, 0.2) is 5.96 Å². The highest BCUT2D eigenvalue weighted by molar-refractivity contribution is 5.80. The van der Waals surface area contributed by atoms with Crippen molar-refractivity contribution in [3.8, 4) is 0 Å². The van der Waals surface area contributed by atoms with Crippen LogP contribution < -0.4 is 5.32 Å². The second-order valence-electron chi connectivity index (χ2n) is 6.32. The molecule has 1 aliphatic rings. The van der Waals surface area contributed by atoms with Crippen LogP contribution in [0.3, 0.4) is 0 Å². The molecule has 0 spiro atoms. The second-order valence-corrected chi connectivity index (χ2v) is 6.32. The van der Waals surface area contributed by atoms with Crippen LogP contribution in [0.1, 0.15) is 32.5 Å². The number of hydrogen-bond acceptors (Lipinski definition) is 2. The Labute approximate surface area is 134 Å². The minimum absolute atomic E-state index is 0.217. The molecule has 0 aromatic carbocycles. The van der Waals surface area contributed by atoms with E-state index in [4.69, 9.17) is 0 Å². The molecule has 0 amide bonds. The molecular weight excluding hydrogens is 307 g/mol. The highest BCUT2D eigenvalue weighted by Crippen LogP contribution is 2.32. The smallest absolute Gasteiger partial charge is 0.349 e. The van der Waals surface area contributed by atoms with Crippen LogP contribution in [0.15, 0.2) is 17.4 Å². The van der Waals surface area contributed by atoms with E-state index >= 15 is 0 Å². The van der Waals surface area contributed by atoms with Gasteiger partial charge in [-0.25, -0.2) is 4.98 Å². The summed E-state index contributed by atoms with van der Waals surface area (Å²) in [6.07, 6.45) is 0.658. The third kappa shape index (κ3) is 4.62. The van der Waals surface area contributed by atoms with Gasteiger partial charge in [0, 0.05) is 32.5 Å². The van der Waals surface area contributed by atoms with Gasteiger partial charge in [-0.05, 0) is 18.3 Å². The number of alkyl halides is 3. The van der Waals surface area contributed by atoms with Crippen molar-refractivity contribution >= 4 is 5.96 Å². The summed E-state index contributed by atoms with van der Waals surface area (Å²) in [7, 11) is 1.69. The van der Waals surface area contributed by atoms with Gasteiger partial charge < -0.3 is 14.8 Å². The van der Waals surface area contributed by atoms with Crippen LogP contribution in [0.2, 0.25) is 0 Å². The molecule has 2 rings (SSSR count). The van der Waals surface area contributed by atoms with Gasteiger partial charge in [0.05, 0.1) is 6.54 Å². The predicted octanol–water partition coefficient (Wildman–Crippen LogP) is 2.64. The Hall–Kier alpha value is -1.73. The topological polar surface area (TPSA) is 45.4 Å². The van der Waals surface area contributed by atoms with Crippen LogP contribution in [-0.2, 0) is 13.1 Å². The van der Waals surface area contributed by atoms with Gasteiger partial charge in [-0.1, -0.05) is 13.8 Å². The van der Waals surface area contributed by atoms with Crippen LogP contribution in [0.25, 0.3) is 0 Å². The van der Waals surface area contributed by atoms with E-state index in [0.717, 1.165) is 30.5 Å². The molecule has 1 aromatic rings. The normalized spacial score (nSPS) is 22.7. The van der Waals surface area contributed by atoms with Crippen molar-refractivity contribution in [2.24, 2.45) is 10.4 Å². The Morgan fingerprint density at radius 1 is 1.48 bits per heavy atom. The zero-order valence-corrected chi connectivity index (χ0v) is 13.8. The summed E-state index contributed by atoms with van der Waals surface area (Å²) in [4.78, 5) is 10.4. The largest absolute Gasteiger partial charge is 0.406 e. The maximum absolute atomic E-state index is 12.5. The first-order valence-electron chi connectivity index (χ1n) is 7.79. The van der Waals surface area contributed by atoms with Crippen LogP contribution >= 0.6 is 0 Å². The molecule has 1 unspecified atom stereocenters. The maximum Gasteiger partial charge on any atom is 0.406 e. The number of aliphatic imine (C=N–C) groups is 1. The van der Waals surface area contributed by atoms with Gasteiger partial charge >= 0.3 is 6.18 Å². The molecule has 5 nitrogen and oxygen atoms in total. The number of likely N-dealkylation sites (tertiary alicyclic amines) is 1. The number of guanidine groups is 1. The van der Waals surface area contributed by atoms with E-state index in [1.807, 2.05) is 0 Å². The average molecular weight is 331 g/mol. The summed E-state index contributed by atoms with van der Waals surface area (Å²) in [6.45, 7) is 5.42. The highest BCUT2D eigenvalue weighted by Gasteiger charge is 2.33. The fourth-order valence-electron chi connectivity index (χ4n) is 2.83. The number of halogens is 3. The van der Waals surface area contributed by atoms with E-state index in [9.17, 15) is 13.2 Å². The number of imidazole rings is 1. The number of nitrogens with zero attached hydrogens (tertiary/aromatic N) is 4. The fourth-order valence-corrected chi connectivity index (χ4v) is 2.83. The van der Waals surface area contributed by atoms with Gasteiger partial charge in [0.2, 0.25) is 0 Å². The lowest BCUT2D eigenvalue weighted by Gasteiger charge is -2.25. The Bertz CT molecular complexity index is 552. The molecular formula is C15H24F3N5. The van der Waals surface area contributed by atoms with Gasteiger partial charge in [-0.2, -0.15) is 13.2 Å². The Balaban J connectivity index is 1.96. The van der Waals surface area contributed by atoms with Crippen molar-refractivity contribution in [2.45, 2.75) is 46.0 Å². The molecule has 2 heterocycles. The van der Waals surface area contributed by atoms with Gasteiger partial charge in [-0.3, -0.25) is 4.99 Å². The maximum atomic E-state index is 12.5. The third-order valence-electron chi connectivity index (χ3n) is 4.48. The molecule has 1 aromatic heterocycles. The van der Waals surface area contributed by atoms with E-state index in [-0.39, 0.29) is 12.0 Å². The molecule has 0 aliphatic carbocycles. The number of rotatable bonds is 4. The summed E-state index contributed by atoms with van der Waals surface area (Å²) in [5, 5.41) is 3.13. The molecule has 1 N–H and O–H groups in total. The zero-order chi connectivity index (χ0) is 17.1. The first-order valence-corrected chi connectivity index (χ1v) is 7.79. The van der Waals surface area contributed by atoms with E-state index in [1.54, 1.807) is 7.05 Å². The monoisotopic (exact) mass is 331 g/mol. The van der Waals surface area contributed by atoms with Gasteiger partial charge in [-0.15, -0.1) is 0 Å². The molecule has 8 heteroatoms. The van der Waals surface area contributed by atoms with Gasteiger partial charge in [0.25, 0.3) is 0 Å². The van der Waals surface area contributed by atoms with E-state index in [1.165, 1.54) is 12.4 Å². The van der Waals surface area contributed by atoms with E-state index in [0.29, 0.717) is 11.8 Å². The SMILES string of the molecule is CCC1(C)CCN(C(=NC)NCc2nccn2CC(F)(F)F)C1. The minimum atomic E-state index is -4.25. The lowest BCUT2D eigenvalue weighted by atomic mass is 9.87. The summed E-state index contributed by atoms with van der Waals surface area (Å²) >= 11 is 0. The summed E-state index contributed by atoms with van der Waals surface area (Å²) in [5.41, 5.74) is 0.270. The van der Waals surface area contributed by atoms with Crippen LogP contribution in [0.4, 0.5) is 13.2 Å². The van der Waals surface area contributed by atoms with Crippen molar-refractivity contribution in [1.29, 1.82) is 0 Å². The van der Waals surface area contributed by atoms with E-state index in [2.05, 4.69) is 34.0 Å². The predicted molar refractivity (Wildman–Crippen MR) is 83.1 cm³/mol. The van der Waals surface area contributed by atoms with Crippen molar-refractivity contribution in [2.75, 3.05) is 20.1 Å². The third-order valence-corrected chi connectivity index (χ3v) is 4.48. The Morgan fingerprint density at radius 2 is 2.22 bits per heavy atom. The summed E-state index contributed by atoms with van der Waals surface area (Å²) in [6, 6.07) is 0. The molecule has 1 atom stereocenters. The Morgan fingerprint density at radius 3 is 2.78 bits per heavy atom. The van der Waals surface area contributed by atoms with Crippen molar-refractivity contribution in [3.63, 3.8) is 0 Å². The molecule has 23 heavy (non-hydrogen) atoms. The number of nitrogens with one attached hydrogen (secondary N) is 1. The molecule has 0 saturated carbocycles. The molecule has 0 radical (unpaired) electrons. The Kier molecular flexibility index (Phi) is 5.21. The van der Waals surface area contributed by atoms with E-state index < -0.39 is 12.7 Å². The standard InChI is InChI=1S/C15H24F3N5/c1-4-14(2)5-7-23(10-14)13(19-3)21-9-12-20-6-8-22(12)11-15(16,17)18/h6,8H,4-5,7,9-11H2,1-3H3,(H,19,21). The first-order chi connectivity index (χ1) is 10.8. The van der Waals surface area contributed by atoms with Crippen LogP contribution in [0, 0.1) is 5.41 Å². The number of aromatic nitrogens is 2. The van der Waals surface area contributed by atoms with Crippen molar-refractivity contribution in [3.05, 3.63) is 18.2 Å². The fraction of sp³-hybridized carbons (Fsp3) is 0.733. The summed E-state index contributed by atoms with van der Waals surface area (Å²) in [5.74, 6) is 1.06. The highest BCUT2D eigenvalue weighted by atomic mass is 19.4. The lowest BCUT2D eigenvalue weighted by Crippen LogP contribution is -2.41.